The van der Waals surface area contributed by atoms with Crippen LogP contribution in [0.4, 0.5) is 0 Å². The highest BCUT2D eigenvalue weighted by atomic mass is 35.5. The molecular weight excluding hydrogens is 356 g/mol. The second kappa shape index (κ2) is 5.61. The number of imidazole rings is 1. The quantitative estimate of drug-likeness (QED) is 0.761. The number of ether oxygens (including phenoxy) is 3. The van der Waals surface area contributed by atoms with Gasteiger partial charge in [-0.1, -0.05) is 25.4 Å². The van der Waals surface area contributed by atoms with Crippen LogP contribution >= 0.6 is 11.6 Å². The lowest BCUT2D eigenvalue weighted by atomic mass is 9.43. The van der Waals surface area contributed by atoms with Crippen molar-refractivity contribution in [1.82, 2.24) is 19.5 Å². The second-order valence-corrected chi connectivity index (χ2v) is 8.55. The molecule has 7 nitrogen and oxygen atoms in total. The Morgan fingerprint density at radius 1 is 1.31 bits per heavy atom. The van der Waals surface area contributed by atoms with Crippen LogP contribution in [0.15, 0.2) is 12.7 Å². The van der Waals surface area contributed by atoms with Crippen molar-refractivity contribution in [2.24, 2.45) is 17.3 Å². The van der Waals surface area contributed by atoms with Gasteiger partial charge >= 0.3 is 0 Å². The highest BCUT2D eigenvalue weighted by Gasteiger charge is 2.70. The van der Waals surface area contributed by atoms with Gasteiger partial charge in [-0.15, -0.1) is 0 Å². The lowest BCUT2D eigenvalue weighted by Crippen LogP contribution is -2.68. The molecule has 5 atom stereocenters. The largest absolute Gasteiger partial charge is 0.330 e. The smallest absolute Gasteiger partial charge is 0.272 e. The van der Waals surface area contributed by atoms with E-state index >= 15 is 0 Å². The molecule has 1 saturated heterocycles. The van der Waals surface area contributed by atoms with Crippen molar-refractivity contribution in [1.29, 1.82) is 0 Å². The molecule has 140 valence electrons. The summed E-state index contributed by atoms with van der Waals surface area (Å²) in [5, 5.41) is 0.367. The first-order chi connectivity index (χ1) is 12.5. The molecule has 0 aromatic carbocycles. The summed E-state index contributed by atoms with van der Waals surface area (Å²) in [6.07, 6.45) is 5.41. The van der Waals surface area contributed by atoms with E-state index in [1.165, 1.54) is 6.33 Å². The maximum absolute atomic E-state index is 6.46. The van der Waals surface area contributed by atoms with E-state index in [1.807, 2.05) is 11.5 Å². The summed E-state index contributed by atoms with van der Waals surface area (Å²) in [5.74, 6) is 1.07. The van der Waals surface area contributed by atoms with Gasteiger partial charge in [-0.05, 0) is 37.0 Å². The van der Waals surface area contributed by atoms with Gasteiger partial charge in [-0.3, -0.25) is 0 Å². The first kappa shape index (κ1) is 16.9. The third-order valence-electron chi connectivity index (χ3n) is 6.77. The van der Waals surface area contributed by atoms with Crippen molar-refractivity contribution in [3.05, 3.63) is 17.8 Å². The van der Waals surface area contributed by atoms with E-state index in [-0.39, 0.29) is 11.5 Å². The Bertz CT molecular complexity index is 856. The Morgan fingerprint density at radius 2 is 2.15 bits per heavy atom. The number of hydrogen-bond acceptors (Lipinski definition) is 6. The van der Waals surface area contributed by atoms with E-state index in [9.17, 15) is 0 Å². The fourth-order valence-electron chi connectivity index (χ4n) is 5.29. The highest BCUT2D eigenvalue weighted by molar-refractivity contribution is 6.33. The molecular formula is C18H23ClN4O3. The second-order valence-electron chi connectivity index (χ2n) is 8.19. The molecule has 3 aliphatic carbocycles. The summed E-state index contributed by atoms with van der Waals surface area (Å²) < 4.78 is 20.3. The molecule has 1 aliphatic heterocycles. The van der Waals surface area contributed by atoms with Crippen molar-refractivity contribution in [3.8, 4) is 0 Å². The Morgan fingerprint density at radius 3 is 2.92 bits per heavy atom. The molecule has 6 rings (SSSR count). The first-order valence-corrected chi connectivity index (χ1v) is 9.59. The summed E-state index contributed by atoms with van der Waals surface area (Å²) >= 11 is 6.17. The molecule has 4 fully saturated rings. The first-order valence-electron chi connectivity index (χ1n) is 9.22. The molecule has 4 aliphatic rings. The molecule has 0 spiro atoms. The van der Waals surface area contributed by atoms with E-state index < -0.39 is 12.1 Å². The van der Waals surface area contributed by atoms with Crippen molar-refractivity contribution in [2.45, 2.75) is 58.3 Å². The van der Waals surface area contributed by atoms with E-state index in [1.54, 1.807) is 6.33 Å². The fraction of sp³-hybridized carbons (Fsp3) is 0.722. The maximum Gasteiger partial charge on any atom is 0.272 e. The molecule has 0 N–H and O–H groups in total. The SMILES string of the molecule is CCOC1O[C@H]2C[C@H]3C[C@H](C3(C)C)[C@@]2(Cn2cnc3c(Cl)ncnc32)O1. The van der Waals surface area contributed by atoms with Crippen molar-refractivity contribution >= 4 is 22.8 Å². The van der Waals surface area contributed by atoms with Crippen LogP contribution in [-0.2, 0) is 20.8 Å². The standard InChI is InChI=1S/C18H23ClN4O3/c1-4-24-16-25-12-6-10-5-11(17(10,2)3)18(12,26-16)7-23-9-22-13-14(19)20-8-21-15(13)23/h8-12,16H,4-7H2,1-3H3/t10-,11-,12+,16?,18-/m1/s1. The molecule has 0 amide bonds. The number of rotatable bonds is 4. The molecule has 26 heavy (non-hydrogen) atoms. The van der Waals surface area contributed by atoms with Crippen LogP contribution in [0.2, 0.25) is 5.15 Å². The summed E-state index contributed by atoms with van der Waals surface area (Å²) in [5.41, 5.74) is 1.12. The molecule has 2 aromatic rings. The van der Waals surface area contributed by atoms with E-state index in [0.29, 0.717) is 35.7 Å². The van der Waals surface area contributed by atoms with Crippen molar-refractivity contribution < 1.29 is 14.2 Å². The van der Waals surface area contributed by atoms with E-state index in [2.05, 4.69) is 28.8 Å². The van der Waals surface area contributed by atoms with E-state index in [4.69, 9.17) is 25.8 Å². The molecule has 3 saturated carbocycles. The van der Waals surface area contributed by atoms with Crippen LogP contribution in [0.3, 0.4) is 0 Å². The van der Waals surface area contributed by atoms with Crippen LogP contribution < -0.4 is 0 Å². The Balaban J connectivity index is 1.55. The lowest BCUT2D eigenvalue weighted by molar-refractivity contribution is -0.270. The van der Waals surface area contributed by atoms with Gasteiger partial charge in [0.15, 0.2) is 10.8 Å². The summed E-state index contributed by atoms with van der Waals surface area (Å²) in [6.45, 7) is 7.20. The summed E-state index contributed by atoms with van der Waals surface area (Å²) in [6, 6.07) is 0. The van der Waals surface area contributed by atoms with Gasteiger partial charge in [-0.2, -0.15) is 0 Å². The minimum Gasteiger partial charge on any atom is -0.330 e. The van der Waals surface area contributed by atoms with Crippen LogP contribution in [-0.4, -0.2) is 44.3 Å². The summed E-state index contributed by atoms with van der Waals surface area (Å²) in [4.78, 5) is 12.8. The average molecular weight is 379 g/mol. The third kappa shape index (κ3) is 2.14. The van der Waals surface area contributed by atoms with Crippen LogP contribution in [0.25, 0.3) is 11.2 Å². The molecule has 3 heterocycles. The number of hydrogen-bond donors (Lipinski definition) is 0. The minimum atomic E-state index is -0.604. The van der Waals surface area contributed by atoms with Gasteiger partial charge in [-0.25, -0.2) is 15.0 Å². The van der Waals surface area contributed by atoms with Crippen LogP contribution in [0.5, 0.6) is 0 Å². The van der Waals surface area contributed by atoms with Gasteiger partial charge in [0.2, 0.25) is 0 Å². The Hall–Kier alpha value is -1.28. The lowest BCUT2D eigenvalue weighted by Gasteiger charge is -2.64. The van der Waals surface area contributed by atoms with E-state index in [0.717, 1.165) is 18.5 Å². The highest BCUT2D eigenvalue weighted by Crippen LogP contribution is 2.66. The number of halogens is 1. The number of aromatic nitrogens is 4. The number of fused-ring (bicyclic) bond motifs is 1. The van der Waals surface area contributed by atoms with Gasteiger partial charge in [0.1, 0.15) is 17.4 Å². The summed E-state index contributed by atoms with van der Waals surface area (Å²) in [7, 11) is 0. The van der Waals surface area contributed by atoms with Crippen LogP contribution in [0.1, 0.15) is 33.6 Å². The molecule has 0 radical (unpaired) electrons. The molecule has 2 bridgehead atoms. The Labute approximate surface area is 157 Å². The molecule has 8 heteroatoms. The van der Waals surface area contributed by atoms with Gasteiger partial charge in [0, 0.05) is 6.61 Å². The minimum absolute atomic E-state index is 0.0191. The van der Waals surface area contributed by atoms with Gasteiger partial charge in [0.05, 0.1) is 19.0 Å². The predicted octanol–water partition coefficient (Wildman–Crippen LogP) is 3.02. The Kier molecular flexibility index (Phi) is 3.64. The number of nitrogens with zero attached hydrogens (tertiary/aromatic N) is 4. The van der Waals surface area contributed by atoms with Gasteiger partial charge < -0.3 is 18.8 Å². The topological polar surface area (TPSA) is 71.3 Å². The molecule has 2 aromatic heterocycles. The van der Waals surface area contributed by atoms with Crippen LogP contribution in [0, 0.1) is 17.3 Å². The third-order valence-corrected chi connectivity index (χ3v) is 7.05. The molecule has 1 unspecified atom stereocenters. The van der Waals surface area contributed by atoms with Crippen molar-refractivity contribution in [3.63, 3.8) is 0 Å². The fourth-order valence-corrected chi connectivity index (χ4v) is 5.47. The zero-order chi connectivity index (χ0) is 18.1. The zero-order valence-corrected chi connectivity index (χ0v) is 15.9. The zero-order valence-electron chi connectivity index (χ0n) is 15.2. The normalized spacial score (nSPS) is 37.5. The monoisotopic (exact) mass is 378 g/mol. The predicted molar refractivity (Wildman–Crippen MR) is 94.4 cm³/mol. The maximum atomic E-state index is 6.46. The van der Waals surface area contributed by atoms with Crippen molar-refractivity contribution in [2.75, 3.05) is 6.61 Å². The average Bonchev–Trinajstić information content (AvgIpc) is 3.17. The van der Waals surface area contributed by atoms with Gasteiger partial charge in [0.25, 0.3) is 6.48 Å².